The Labute approximate surface area is 145 Å². The predicted octanol–water partition coefficient (Wildman–Crippen LogP) is 3.15. The topological polar surface area (TPSA) is 68.2 Å². The molecule has 6 heteroatoms. The minimum Gasteiger partial charge on any atom is -0.456 e. The van der Waals surface area contributed by atoms with Gasteiger partial charge in [-0.2, -0.15) is 0 Å². The Morgan fingerprint density at radius 2 is 2.00 bits per heavy atom. The molecular weight excluding hydrogens is 316 g/mol. The number of hydrogen-bond donors (Lipinski definition) is 0. The lowest BCUT2D eigenvalue weighted by molar-refractivity contribution is -0.119. The van der Waals surface area contributed by atoms with Gasteiger partial charge in [0.25, 0.3) is 0 Å². The van der Waals surface area contributed by atoms with Gasteiger partial charge in [-0.1, -0.05) is 0 Å². The Morgan fingerprint density at radius 1 is 1.12 bits per heavy atom. The molecule has 126 valence electrons. The van der Waals surface area contributed by atoms with E-state index in [-0.39, 0.29) is 0 Å². The Bertz CT molecular complexity index is 877. The second kappa shape index (κ2) is 6.84. The van der Waals surface area contributed by atoms with Crippen LogP contribution in [0.3, 0.4) is 0 Å². The van der Waals surface area contributed by atoms with E-state index in [2.05, 4.69) is 15.0 Å². The van der Waals surface area contributed by atoms with E-state index in [1.54, 1.807) is 18.7 Å². The third-order valence-corrected chi connectivity index (χ3v) is 4.57. The SMILES string of the molecule is O=CN1CCC(c2ncnc3cc(Oc4cccnc4)ccc23)CC1. The zero-order valence-electron chi connectivity index (χ0n) is 13.7. The molecule has 3 heterocycles. The monoisotopic (exact) mass is 334 g/mol. The van der Waals surface area contributed by atoms with Crippen molar-refractivity contribution in [3.63, 3.8) is 0 Å². The van der Waals surface area contributed by atoms with Crippen molar-refractivity contribution in [3.8, 4) is 11.5 Å². The second-order valence-electron chi connectivity index (χ2n) is 6.14. The summed E-state index contributed by atoms with van der Waals surface area (Å²) in [5.74, 6) is 1.77. The van der Waals surface area contributed by atoms with E-state index in [1.807, 2.05) is 35.2 Å². The maximum Gasteiger partial charge on any atom is 0.209 e. The third-order valence-electron chi connectivity index (χ3n) is 4.57. The molecule has 2 aromatic heterocycles. The van der Waals surface area contributed by atoms with Crippen LogP contribution >= 0.6 is 0 Å². The van der Waals surface area contributed by atoms with Crippen LogP contribution in [0.1, 0.15) is 24.5 Å². The molecule has 0 radical (unpaired) electrons. The van der Waals surface area contributed by atoms with Gasteiger partial charge in [0.05, 0.1) is 17.4 Å². The number of benzene rings is 1. The van der Waals surface area contributed by atoms with Gasteiger partial charge in [-0.25, -0.2) is 9.97 Å². The lowest BCUT2D eigenvalue weighted by atomic mass is 9.91. The first-order chi connectivity index (χ1) is 12.3. The number of hydrogen-bond acceptors (Lipinski definition) is 5. The van der Waals surface area contributed by atoms with Crippen molar-refractivity contribution in [1.82, 2.24) is 19.9 Å². The molecule has 6 nitrogen and oxygen atoms in total. The number of ether oxygens (including phenoxy) is 1. The van der Waals surface area contributed by atoms with Gasteiger partial charge in [0.2, 0.25) is 6.41 Å². The van der Waals surface area contributed by atoms with Crippen LogP contribution in [-0.2, 0) is 4.79 Å². The molecule has 25 heavy (non-hydrogen) atoms. The van der Waals surface area contributed by atoms with Crippen LogP contribution in [0.15, 0.2) is 49.1 Å². The summed E-state index contributed by atoms with van der Waals surface area (Å²) in [5.41, 5.74) is 1.92. The molecule has 1 aliphatic heterocycles. The van der Waals surface area contributed by atoms with Gasteiger partial charge in [-0.15, -0.1) is 0 Å². The molecule has 1 amide bonds. The fourth-order valence-corrected chi connectivity index (χ4v) is 3.27. The van der Waals surface area contributed by atoms with E-state index in [4.69, 9.17) is 4.74 Å². The highest BCUT2D eigenvalue weighted by molar-refractivity contribution is 5.82. The molecule has 1 saturated heterocycles. The van der Waals surface area contributed by atoms with Crippen LogP contribution in [0.2, 0.25) is 0 Å². The summed E-state index contributed by atoms with van der Waals surface area (Å²) in [4.78, 5) is 25.7. The molecule has 1 aliphatic rings. The van der Waals surface area contributed by atoms with Crippen molar-refractivity contribution in [1.29, 1.82) is 0 Å². The van der Waals surface area contributed by atoms with Crippen LogP contribution < -0.4 is 4.74 Å². The number of carbonyl (C=O) groups is 1. The summed E-state index contributed by atoms with van der Waals surface area (Å²) < 4.78 is 5.83. The maximum absolute atomic E-state index is 10.9. The van der Waals surface area contributed by atoms with Crippen LogP contribution in [0.25, 0.3) is 10.9 Å². The number of pyridine rings is 1. The number of nitrogens with zero attached hydrogens (tertiary/aromatic N) is 4. The van der Waals surface area contributed by atoms with Crippen molar-refractivity contribution in [2.45, 2.75) is 18.8 Å². The average Bonchev–Trinajstić information content (AvgIpc) is 2.68. The quantitative estimate of drug-likeness (QED) is 0.686. The number of likely N-dealkylation sites (tertiary alicyclic amines) is 1. The molecule has 4 rings (SSSR count). The van der Waals surface area contributed by atoms with E-state index in [9.17, 15) is 4.79 Å². The fraction of sp³-hybridized carbons (Fsp3) is 0.263. The number of carbonyl (C=O) groups excluding carboxylic acids is 1. The summed E-state index contributed by atoms with van der Waals surface area (Å²) in [6, 6.07) is 9.57. The number of amides is 1. The molecule has 3 aromatic rings. The highest BCUT2D eigenvalue weighted by Gasteiger charge is 2.22. The lowest BCUT2D eigenvalue weighted by Gasteiger charge is -2.29. The Balaban J connectivity index is 1.61. The van der Waals surface area contributed by atoms with E-state index < -0.39 is 0 Å². The predicted molar refractivity (Wildman–Crippen MR) is 93.5 cm³/mol. The molecule has 1 aromatic carbocycles. The van der Waals surface area contributed by atoms with Gasteiger partial charge < -0.3 is 9.64 Å². The standard InChI is InChI=1S/C19H18N4O2/c24-13-23-8-5-14(6-9-23)19-17-4-3-15(10-18(17)21-12-22-19)25-16-2-1-7-20-11-16/h1-4,7,10-14H,5-6,8-9H2. The minimum atomic E-state index is 0.354. The first-order valence-electron chi connectivity index (χ1n) is 8.35. The molecule has 0 bridgehead atoms. The zero-order valence-corrected chi connectivity index (χ0v) is 13.7. The summed E-state index contributed by atoms with van der Waals surface area (Å²) in [6.45, 7) is 1.56. The Morgan fingerprint density at radius 3 is 2.76 bits per heavy atom. The summed E-state index contributed by atoms with van der Waals surface area (Å²) in [7, 11) is 0. The molecule has 0 N–H and O–H groups in total. The largest absolute Gasteiger partial charge is 0.456 e. The Kier molecular flexibility index (Phi) is 4.24. The molecule has 0 aliphatic carbocycles. The van der Waals surface area contributed by atoms with Gasteiger partial charge in [0.15, 0.2) is 0 Å². The number of fused-ring (bicyclic) bond motifs is 1. The van der Waals surface area contributed by atoms with E-state index >= 15 is 0 Å². The van der Waals surface area contributed by atoms with Gasteiger partial charge in [-0.3, -0.25) is 9.78 Å². The van der Waals surface area contributed by atoms with E-state index in [1.165, 1.54) is 0 Å². The first kappa shape index (κ1) is 15.5. The zero-order chi connectivity index (χ0) is 17.1. The number of rotatable bonds is 4. The van der Waals surface area contributed by atoms with Crippen LogP contribution in [0.4, 0.5) is 0 Å². The van der Waals surface area contributed by atoms with Crippen molar-refractivity contribution in [3.05, 3.63) is 54.7 Å². The normalized spacial score (nSPS) is 15.3. The summed E-state index contributed by atoms with van der Waals surface area (Å²) in [5, 5.41) is 1.05. The molecule has 0 unspecified atom stereocenters. The average molecular weight is 334 g/mol. The van der Waals surface area contributed by atoms with Crippen LogP contribution in [0.5, 0.6) is 11.5 Å². The van der Waals surface area contributed by atoms with E-state index in [0.29, 0.717) is 11.7 Å². The fourth-order valence-electron chi connectivity index (χ4n) is 3.27. The number of aromatic nitrogens is 3. The van der Waals surface area contributed by atoms with Gasteiger partial charge >= 0.3 is 0 Å². The van der Waals surface area contributed by atoms with Crippen LogP contribution in [0, 0.1) is 0 Å². The summed E-state index contributed by atoms with van der Waals surface area (Å²) >= 11 is 0. The van der Waals surface area contributed by atoms with Crippen molar-refractivity contribution in [2.24, 2.45) is 0 Å². The molecule has 0 saturated carbocycles. The molecular formula is C19H18N4O2. The van der Waals surface area contributed by atoms with Crippen molar-refractivity contribution >= 4 is 17.3 Å². The first-order valence-corrected chi connectivity index (χ1v) is 8.35. The summed E-state index contributed by atoms with van der Waals surface area (Å²) in [6.07, 6.45) is 7.78. The lowest BCUT2D eigenvalue weighted by Crippen LogP contribution is -2.31. The van der Waals surface area contributed by atoms with Crippen LogP contribution in [-0.4, -0.2) is 39.4 Å². The second-order valence-corrected chi connectivity index (χ2v) is 6.14. The van der Waals surface area contributed by atoms with Gasteiger partial charge in [-0.05, 0) is 37.1 Å². The number of piperidine rings is 1. The Hall–Kier alpha value is -3.02. The molecule has 0 atom stereocenters. The maximum atomic E-state index is 10.9. The smallest absolute Gasteiger partial charge is 0.209 e. The molecule has 1 fully saturated rings. The highest BCUT2D eigenvalue weighted by atomic mass is 16.5. The van der Waals surface area contributed by atoms with Gasteiger partial charge in [0, 0.05) is 36.7 Å². The third kappa shape index (κ3) is 3.28. The van der Waals surface area contributed by atoms with Crippen molar-refractivity contribution < 1.29 is 9.53 Å². The van der Waals surface area contributed by atoms with E-state index in [0.717, 1.165) is 54.7 Å². The minimum absolute atomic E-state index is 0.354. The highest BCUT2D eigenvalue weighted by Crippen LogP contribution is 2.32. The molecule has 0 spiro atoms. The van der Waals surface area contributed by atoms with Crippen molar-refractivity contribution in [2.75, 3.05) is 13.1 Å². The van der Waals surface area contributed by atoms with Gasteiger partial charge in [0.1, 0.15) is 17.8 Å².